The number of carbonyl (C=O) groups excluding carboxylic acids is 1. The van der Waals surface area contributed by atoms with Crippen LogP contribution in [0.1, 0.15) is 55.0 Å². The van der Waals surface area contributed by atoms with Crippen molar-refractivity contribution in [1.82, 2.24) is 9.97 Å². The number of ether oxygens (including phenoxy) is 1. The number of nitrogens with one attached hydrogen (secondary N) is 1. The zero-order valence-corrected chi connectivity index (χ0v) is 19.1. The van der Waals surface area contributed by atoms with Crippen LogP contribution >= 0.6 is 11.8 Å². The van der Waals surface area contributed by atoms with Crippen molar-refractivity contribution in [3.8, 4) is 18.2 Å². The third kappa shape index (κ3) is 6.65. The van der Waals surface area contributed by atoms with Gasteiger partial charge in [-0.15, -0.1) is 6.42 Å². The molecule has 3 N–H and O–H groups in total. The van der Waals surface area contributed by atoms with Crippen LogP contribution in [0, 0.1) is 30.9 Å². The third-order valence-electron chi connectivity index (χ3n) is 4.43. The average molecular weight is 462 g/mol. The first-order chi connectivity index (χ1) is 15.2. The van der Waals surface area contributed by atoms with E-state index in [1.165, 1.54) is 24.0 Å². The van der Waals surface area contributed by atoms with Gasteiger partial charge in [0.05, 0.1) is 17.9 Å². The minimum atomic E-state index is -1.12. The number of aromatic nitrogens is 2. The van der Waals surface area contributed by atoms with Crippen molar-refractivity contribution >= 4 is 28.5 Å². The molecule has 2 rings (SSSR count). The van der Waals surface area contributed by atoms with Gasteiger partial charge < -0.3 is 15.8 Å². The van der Waals surface area contributed by atoms with E-state index in [0.717, 1.165) is 12.5 Å². The second kappa shape index (κ2) is 11.4. The Morgan fingerprint density at radius 3 is 2.75 bits per heavy atom. The standard InChI is InChI=1S/C22H25F2N5O2S/c1-6-8-31-18-11-26-20(14(5)27-18)21(30)29-15-9-16(19(24)17(23)10-15)13(4)28-22(25)32-12(3)7-2/h1,9-13H,7-8H2,2-5H3,(H2,25,28)(H,29,30). The van der Waals surface area contributed by atoms with Gasteiger partial charge in [0, 0.05) is 22.6 Å². The summed E-state index contributed by atoms with van der Waals surface area (Å²) >= 11 is 1.36. The lowest BCUT2D eigenvalue weighted by atomic mass is 10.1. The molecule has 2 atom stereocenters. The van der Waals surface area contributed by atoms with E-state index in [4.69, 9.17) is 16.9 Å². The van der Waals surface area contributed by atoms with Crippen LogP contribution in [0.2, 0.25) is 0 Å². The monoisotopic (exact) mass is 461 g/mol. The minimum absolute atomic E-state index is 0.00427. The highest BCUT2D eigenvalue weighted by molar-refractivity contribution is 8.14. The number of carbonyl (C=O) groups is 1. The highest BCUT2D eigenvalue weighted by Gasteiger charge is 2.19. The van der Waals surface area contributed by atoms with E-state index >= 15 is 0 Å². The summed E-state index contributed by atoms with van der Waals surface area (Å²) in [5.74, 6) is -0.334. The van der Waals surface area contributed by atoms with Gasteiger partial charge in [0.1, 0.15) is 5.69 Å². The lowest BCUT2D eigenvalue weighted by Crippen LogP contribution is -2.17. The first-order valence-electron chi connectivity index (χ1n) is 9.86. The van der Waals surface area contributed by atoms with Gasteiger partial charge in [-0.2, -0.15) is 0 Å². The van der Waals surface area contributed by atoms with Crippen LogP contribution in [-0.2, 0) is 0 Å². The Kier molecular flexibility index (Phi) is 8.96. The van der Waals surface area contributed by atoms with Gasteiger partial charge in [-0.3, -0.25) is 9.79 Å². The molecular formula is C22H25F2N5O2S. The molecule has 1 aromatic carbocycles. The molecule has 0 aliphatic rings. The van der Waals surface area contributed by atoms with E-state index in [1.807, 2.05) is 13.8 Å². The molecule has 2 aromatic rings. The second-order valence-electron chi connectivity index (χ2n) is 6.93. The van der Waals surface area contributed by atoms with Crippen molar-refractivity contribution in [3.63, 3.8) is 0 Å². The van der Waals surface area contributed by atoms with Crippen LogP contribution in [-0.4, -0.2) is 32.9 Å². The van der Waals surface area contributed by atoms with Gasteiger partial charge in [-0.05, 0) is 26.3 Å². The topological polar surface area (TPSA) is 102 Å². The molecule has 0 aliphatic carbocycles. The van der Waals surface area contributed by atoms with Crippen LogP contribution < -0.4 is 15.8 Å². The van der Waals surface area contributed by atoms with E-state index in [-0.39, 0.29) is 45.5 Å². The number of amidine groups is 1. The lowest BCUT2D eigenvalue weighted by molar-refractivity contribution is 0.102. The molecule has 1 aromatic heterocycles. The van der Waals surface area contributed by atoms with Crippen molar-refractivity contribution in [2.24, 2.45) is 10.7 Å². The maximum atomic E-state index is 14.4. The summed E-state index contributed by atoms with van der Waals surface area (Å²) in [5.41, 5.74) is 6.23. The van der Waals surface area contributed by atoms with Crippen molar-refractivity contribution in [2.75, 3.05) is 11.9 Å². The molecule has 0 saturated carbocycles. The van der Waals surface area contributed by atoms with Crippen LogP contribution in [0.15, 0.2) is 23.3 Å². The van der Waals surface area contributed by atoms with Crippen molar-refractivity contribution in [3.05, 3.63) is 46.9 Å². The number of nitrogens with two attached hydrogens (primary N) is 1. The first kappa shape index (κ1) is 25.1. The number of hydrogen-bond acceptors (Lipinski definition) is 6. The fraction of sp³-hybridized carbons (Fsp3) is 0.364. The molecule has 32 heavy (non-hydrogen) atoms. The quantitative estimate of drug-likeness (QED) is 0.346. The van der Waals surface area contributed by atoms with Crippen LogP contribution in [0.5, 0.6) is 5.88 Å². The van der Waals surface area contributed by atoms with Crippen molar-refractivity contribution in [2.45, 2.75) is 45.4 Å². The van der Waals surface area contributed by atoms with Gasteiger partial charge in [0.25, 0.3) is 5.91 Å². The van der Waals surface area contributed by atoms with Gasteiger partial charge >= 0.3 is 0 Å². The number of thioether (sulfide) groups is 1. The first-order valence-corrected chi connectivity index (χ1v) is 10.7. The van der Waals surface area contributed by atoms with Crippen LogP contribution in [0.4, 0.5) is 14.5 Å². The zero-order chi connectivity index (χ0) is 23.8. The molecular weight excluding hydrogens is 436 g/mol. The Morgan fingerprint density at radius 1 is 1.41 bits per heavy atom. The predicted octanol–water partition coefficient (Wildman–Crippen LogP) is 4.23. The maximum Gasteiger partial charge on any atom is 0.276 e. The molecule has 0 fully saturated rings. The molecule has 0 radical (unpaired) electrons. The largest absolute Gasteiger partial charge is 0.463 e. The Hall–Kier alpha value is -3.19. The number of nitrogens with zero attached hydrogens (tertiary/aromatic N) is 3. The molecule has 0 spiro atoms. The van der Waals surface area contributed by atoms with E-state index in [9.17, 15) is 13.6 Å². The highest BCUT2D eigenvalue weighted by atomic mass is 32.2. The fourth-order valence-electron chi connectivity index (χ4n) is 2.63. The van der Waals surface area contributed by atoms with Gasteiger partial charge in [-0.1, -0.05) is 31.5 Å². The Labute approximate surface area is 190 Å². The molecule has 170 valence electrons. The summed E-state index contributed by atoms with van der Waals surface area (Å²) in [5, 5.41) is 3.03. The van der Waals surface area contributed by atoms with Crippen molar-refractivity contribution in [1.29, 1.82) is 0 Å². The summed E-state index contributed by atoms with van der Waals surface area (Å²) in [7, 11) is 0. The summed E-state index contributed by atoms with van der Waals surface area (Å²) in [6, 6.07) is 1.45. The molecule has 2 unspecified atom stereocenters. The number of halogens is 2. The normalized spacial score (nSPS) is 13.2. The Bertz CT molecular complexity index is 1060. The maximum absolute atomic E-state index is 14.4. The molecule has 7 nitrogen and oxygen atoms in total. The highest BCUT2D eigenvalue weighted by Crippen LogP contribution is 2.28. The number of terminal acetylenes is 1. The van der Waals surface area contributed by atoms with Gasteiger partial charge in [-0.25, -0.2) is 18.7 Å². The Balaban J connectivity index is 2.25. The number of benzene rings is 1. The number of aryl methyl sites for hydroxylation is 1. The van der Waals surface area contributed by atoms with E-state index < -0.39 is 23.6 Å². The number of anilines is 1. The molecule has 0 saturated heterocycles. The van der Waals surface area contributed by atoms with E-state index in [1.54, 1.807) is 13.8 Å². The number of hydrogen-bond donors (Lipinski definition) is 2. The van der Waals surface area contributed by atoms with Gasteiger partial charge in [0.2, 0.25) is 5.88 Å². The third-order valence-corrected chi connectivity index (χ3v) is 5.51. The summed E-state index contributed by atoms with van der Waals surface area (Å²) in [6.07, 6.45) is 7.27. The molecule has 1 amide bonds. The number of rotatable bonds is 8. The van der Waals surface area contributed by atoms with Crippen molar-refractivity contribution < 1.29 is 18.3 Å². The second-order valence-corrected chi connectivity index (χ2v) is 8.39. The smallest absolute Gasteiger partial charge is 0.276 e. The van der Waals surface area contributed by atoms with Crippen LogP contribution in [0.25, 0.3) is 0 Å². The summed E-state index contributed by atoms with van der Waals surface area (Å²) < 4.78 is 33.8. The molecule has 1 heterocycles. The van der Waals surface area contributed by atoms with E-state index in [2.05, 4.69) is 26.2 Å². The zero-order valence-electron chi connectivity index (χ0n) is 18.3. The summed E-state index contributed by atoms with van der Waals surface area (Å²) in [6.45, 7) is 7.18. The SMILES string of the molecule is C#CCOc1cnc(C(=O)Nc2cc(F)c(F)c(C(C)N=C(N)SC(C)CC)c2)c(C)n1. The fourth-order valence-corrected chi connectivity index (χ4v) is 3.42. The number of amides is 1. The predicted molar refractivity (Wildman–Crippen MR) is 123 cm³/mol. The minimum Gasteiger partial charge on any atom is -0.463 e. The van der Waals surface area contributed by atoms with Crippen LogP contribution in [0.3, 0.4) is 0 Å². The summed E-state index contributed by atoms with van der Waals surface area (Å²) in [4.78, 5) is 25.0. The Morgan fingerprint density at radius 2 is 2.12 bits per heavy atom. The molecule has 0 bridgehead atoms. The molecule has 0 aliphatic heterocycles. The number of aliphatic imine (C=N–C) groups is 1. The van der Waals surface area contributed by atoms with Gasteiger partial charge in [0.15, 0.2) is 23.4 Å². The molecule has 10 heteroatoms. The lowest BCUT2D eigenvalue weighted by Gasteiger charge is -2.14. The average Bonchev–Trinajstić information content (AvgIpc) is 2.74. The van der Waals surface area contributed by atoms with E-state index in [0.29, 0.717) is 0 Å².